The lowest BCUT2D eigenvalue weighted by molar-refractivity contribution is -0.123. The Hall–Kier alpha value is -2.75. The molecule has 39 heavy (non-hydrogen) atoms. The molecule has 0 bridgehead atoms. The first-order valence-corrected chi connectivity index (χ1v) is 14.5. The van der Waals surface area contributed by atoms with E-state index in [-0.39, 0.29) is 17.9 Å². The third kappa shape index (κ3) is 12.8. The summed E-state index contributed by atoms with van der Waals surface area (Å²) >= 11 is 0. The minimum absolute atomic E-state index is 0.138. The molecule has 2 rings (SSSR count). The summed E-state index contributed by atoms with van der Waals surface area (Å²) in [5.41, 5.74) is 1.62. The molecule has 0 spiro atoms. The average molecular weight is 543 g/mol. The van der Waals surface area contributed by atoms with Gasteiger partial charge in [-0.3, -0.25) is 9.59 Å². The Morgan fingerprint density at radius 2 is 1.74 bits per heavy atom. The fourth-order valence-electron chi connectivity index (χ4n) is 4.38. The molecule has 0 aliphatic rings. The van der Waals surface area contributed by atoms with Gasteiger partial charge in [0.15, 0.2) is 0 Å². The van der Waals surface area contributed by atoms with Crippen LogP contribution in [0.4, 0.5) is 0 Å². The fourth-order valence-corrected chi connectivity index (χ4v) is 4.38. The van der Waals surface area contributed by atoms with Crippen molar-refractivity contribution in [1.82, 2.24) is 30.4 Å². The Kier molecular flexibility index (Phi) is 15.4. The molecule has 0 radical (unpaired) electrons. The molecule has 2 aromatic rings. The number of hydrogen-bond acceptors (Lipinski definition) is 6. The van der Waals surface area contributed by atoms with Crippen molar-refractivity contribution in [1.29, 1.82) is 0 Å². The van der Waals surface area contributed by atoms with Gasteiger partial charge in [-0.05, 0) is 83.3 Å². The van der Waals surface area contributed by atoms with Gasteiger partial charge in [-0.15, -0.1) is 0 Å². The maximum Gasteiger partial charge on any atom is 0.251 e. The summed E-state index contributed by atoms with van der Waals surface area (Å²) in [4.78, 5) is 32.9. The number of benzene rings is 1. The van der Waals surface area contributed by atoms with Crippen molar-refractivity contribution in [2.75, 3.05) is 32.8 Å². The zero-order chi connectivity index (χ0) is 28.5. The smallest absolute Gasteiger partial charge is 0.251 e. The number of aromatic nitrogens is 2. The van der Waals surface area contributed by atoms with E-state index in [1.54, 1.807) is 6.20 Å². The Morgan fingerprint density at radius 1 is 1.03 bits per heavy atom. The summed E-state index contributed by atoms with van der Waals surface area (Å²) in [5.74, 6) is 0.598. The molecule has 9 heteroatoms. The number of amides is 2. The molecule has 0 saturated carbocycles. The second-order valence-corrected chi connectivity index (χ2v) is 10.3. The molecular weight excluding hydrogens is 492 g/mol. The number of carbonyl (C=O) groups excluding carboxylic acids is 2. The van der Waals surface area contributed by atoms with Crippen LogP contribution in [-0.2, 0) is 29.7 Å². The first-order valence-electron chi connectivity index (χ1n) is 14.5. The molecule has 3 N–H and O–H groups in total. The number of imidazole rings is 1. The minimum atomic E-state index is -0.576. The zero-order valence-electron chi connectivity index (χ0n) is 24.7. The summed E-state index contributed by atoms with van der Waals surface area (Å²) < 4.78 is 7.55. The Balaban J connectivity index is 1.91. The molecule has 0 fully saturated rings. The van der Waals surface area contributed by atoms with E-state index in [0.29, 0.717) is 38.2 Å². The first kappa shape index (κ1) is 32.5. The van der Waals surface area contributed by atoms with E-state index in [2.05, 4.69) is 39.7 Å². The average Bonchev–Trinajstić information content (AvgIpc) is 3.32. The monoisotopic (exact) mass is 542 g/mol. The summed E-state index contributed by atoms with van der Waals surface area (Å²) in [7, 11) is 1.97. The van der Waals surface area contributed by atoms with E-state index in [0.717, 1.165) is 56.7 Å². The normalized spacial score (nSPS) is 12.2. The molecule has 218 valence electrons. The van der Waals surface area contributed by atoms with Crippen molar-refractivity contribution in [3.63, 3.8) is 0 Å². The predicted molar refractivity (Wildman–Crippen MR) is 156 cm³/mol. The molecule has 1 aromatic heterocycles. The van der Waals surface area contributed by atoms with Crippen molar-refractivity contribution in [2.24, 2.45) is 7.05 Å². The molecule has 0 aliphatic carbocycles. The highest BCUT2D eigenvalue weighted by Gasteiger charge is 2.21. The molecular formula is C30H50N6O3. The Labute approximate surface area is 235 Å². The summed E-state index contributed by atoms with van der Waals surface area (Å²) in [5, 5.41) is 9.35. The number of ether oxygens (including phenoxy) is 1. The third-order valence-corrected chi connectivity index (χ3v) is 6.49. The van der Waals surface area contributed by atoms with E-state index >= 15 is 0 Å². The van der Waals surface area contributed by atoms with Crippen LogP contribution >= 0.6 is 0 Å². The largest absolute Gasteiger partial charge is 0.379 e. The van der Waals surface area contributed by atoms with Crippen LogP contribution in [0.5, 0.6) is 0 Å². The number of carbonyl (C=O) groups is 2. The van der Waals surface area contributed by atoms with E-state index in [1.165, 1.54) is 0 Å². The molecule has 2 amide bonds. The van der Waals surface area contributed by atoms with Crippen LogP contribution in [0.25, 0.3) is 0 Å². The van der Waals surface area contributed by atoms with Gasteiger partial charge in [0.25, 0.3) is 5.91 Å². The third-order valence-electron chi connectivity index (χ3n) is 6.49. The van der Waals surface area contributed by atoms with Crippen LogP contribution in [0, 0.1) is 0 Å². The van der Waals surface area contributed by atoms with Crippen LogP contribution in [-0.4, -0.2) is 71.2 Å². The lowest BCUT2D eigenvalue weighted by atomic mass is 10.1. The number of hydrogen-bond donors (Lipinski definition) is 3. The topological polar surface area (TPSA) is 101 Å². The highest BCUT2D eigenvalue weighted by molar-refractivity contribution is 5.97. The van der Waals surface area contributed by atoms with Gasteiger partial charge in [-0.25, -0.2) is 4.98 Å². The van der Waals surface area contributed by atoms with Crippen molar-refractivity contribution >= 4 is 11.8 Å². The van der Waals surface area contributed by atoms with Crippen LogP contribution in [0.2, 0.25) is 0 Å². The maximum atomic E-state index is 13.1. The van der Waals surface area contributed by atoms with Crippen molar-refractivity contribution < 1.29 is 14.3 Å². The van der Waals surface area contributed by atoms with Crippen molar-refractivity contribution in [2.45, 2.75) is 85.0 Å². The van der Waals surface area contributed by atoms with Gasteiger partial charge in [0.2, 0.25) is 5.91 Å². The standard InChI is InChI=1S/C30H50N6O3/c1-6-17-36(18-7-2)19-8-10-27(30(38)33-15-9-21-39-24(3)4)34-29(37)26-13-11-25(12-14-26)22-31-23-28-32-16-20-35(28)5/h11-14,16,20,24,27,31H,6-10,15,17-19,21-23H2,1-5H3,(H,33,38)(H,34,37)/t27-/m0/s1. The fraction of sp³-hybridized carbons (Fsp3) is 0.633. The van der Waals surface area contributed by atoms with E-state index in [4.69, 9.17) is 4.74 Å². The summed E-state index contributed by atoms with van der Waals surface area (Å²) in [6.07, 6.45) is 8.26. The second kappa shape index (κ2) is 18.5. The van der Waals surface area contributed by atoms with Gasteiger partial charge in [-0.1, -0.05) is 26.0 Å². The first-order chi connectivity index (χ1) is 18.8. The lowest BCUT2D eigenvalue weighted by Gasteiger charge is -2.23. The Bertz CT molecular complexity index is 954. The highest BCUT2D eigenvalue weighted by atomic mass is 16.5. The van der Waals surface area contributed by atoms with E-state index in [9.17, 15) is 9.59 Å². The SMILES string of the molecule is CCCN(CCC)CCC[C@H](NC(=O)c1ccc(CNCc2nccn2C)cc1)C(=O)NCCCOC(C)C. The quantitative estimate of drug-likeness (QED) is 0.221. The maximum absolute atomic E-state index is 13.1. The predicted octanol–water partition coefficient (Wildman–Crippen LogP) is 3.64. The minimum Gasteiger partial charge on any atom is -0.379 e. The van der Waals surface area contributed by atoms with Gasteiger partial charge in [0, 0.05) is 44.7 Å². The number of nitrogens with zero attached hydrogens (tertiary/aromatic N) is 3. The van der Waals surface area contributed by atoms with Gasteiger partial charge < -0.3 is 30.2 Å². The van der Waals surface area contributed by atoms with Crippen LogP contribution < -0.4 is 16.0 Å². The van der Waals surface area contributed by atoms with Gasteiger partial charge >= 0.3 is 0 Å². The van der Waals surface area contributed by atoms with Crippen LogP contribution in [0.1, 0.15) is 81.5 Å². The lowest BCUT2D eigenvalue weighted by Crippen LogP contribution is -2.47. The summed E-state index contributed by atoms with van der Waals surface area (Å²) in [6, 6.07) is 6.94. The Morgan fingerprint density at radius 3 is 2.36 bits per heavy atom. The van der Waals surface area contributed by atoms with Crippen LogP contribution in [0.3, 0.4) is 0 Å². The molecule has 1 heterocycles. The number of aryl methyl sites for hydroxylation is 1. The molecule has 0 saturated heterocycles. The van der Waals surface area contributed by atoms with Crippen LogP contribution in [0.15, 0.2) is 36.7 Å². The van der Waals surface area contributed by atoms with Gasteiger partial charge in [0.1, 0.15) is 11.9 Å². The van der Waals surface area contributed by atoms with E-state index in [1.807, 2.05) is 55.9 Å². The van der Waals surface area contributed by atoms with Gasteiger partial charge in [-0.2, -0.15) is 0 Å². The summed E-state index contributed by atoms with van der Waals surface area (Å²) in [6.45, 7) is 13.8. The number of rotatable bonds is 20. The van der Waals surface area contributed by atoms with Crippen molar-refractivity contribution in [3.05, 3.63) is 53.6 Å². The molecule has 0 aliphatic heterocycles. The van der Waals surface area contributed by atoms with Gasteiger partial charge in [0.05, 0.1) is 12.6 Å². The second-order valence-electron chi connectivity index (χ2n) is 10.3. The van der Waals surface area contributed by atoms with E-state index < -0.39 is 6.04 Å². The molecule has 9 nitrogen and oxygen atoms in total. The zero-order valence-corrected chi connectivity index (χ0v) is 24.7. The molecule has 1 atom stereocenters. The molecule has 1 aromatic carbocycles. The highest BCUT2D eigenvalue weighted by Crippen LogP contribution is 2.08. The molecule has 0 unspecified atom stereocenters. The number of nitrogens with one attached hydrogen (secondary N) is 3. The van der Waals surface area contributed by atoms with Crippen molar-refractivity contribution in [3.8, 4) is 0 Å².